The highest BCUT2D eigenvalue weighted by molar-refractivity contribution is 7.90. The first kappa shape index (κ1) is 21.4. The van der Waals surface area contributed by atoms with Gasteiger partial charge in [-0.25, -0.2) is 18.4 Å². The molecule has 0 bridgehead atoms. The largest absolute Gasteiger partial charge is 0.383 e. The highest BCUT2D eigenvalue weighted by Gasteiger charge is 2.34. The molecule has 2 aromatic heterocycles. The maximum absolute atomic E-state index is 11.6. The summed E-state index contributed by atoms with van der Waals surface area (Å²) in [6.45, 7) is 3.70. The number of anilines is 1. The minimum Gasteiger partial charge on any atom is -0.383 e. The Bertz CT molecular complexity index is 1220. The molecule has 3 aromatic rings. The third-order valence-electron chi connectivity index (χ3n) is 6.96. The van der Waals surface area contributed by atoms with Crippen molar-refractivity contribution in [2.45, 2.75) is 38.1 Å². The zero-order valence-corrected chi connectivity index (χ0v) is 19.4. The summed E-state index contributed by atoms with van der Waals surface area (Å²) >= 11 is 0. The van der Waals surface area contributed by atoms with Crippen LogP contribution in [0.5, 0.6) is 0 Å². The van der Waals surface area contributed by atoms with Gasteiger partial charge in [0.2, 0.25) is 0 Å². The van der Waals surface area contributed by atoms with Crippen LogP contribution in [0.25, 0.3) is 22.2 Å². The fourth-order valence-corrected chi connectivity index (χ4v) is 5.82. The molecule has 0 spiro atoms. The van der Waals surface area contributed by atoms with Crippen molar-refractivity contribution in [2.24, 2.45) is 5.92 Å². The van der Waals surface area contributed by atoms with E-state index in [0.717, 1.165) is 46.5 Å². The van der Waals surface area contributed by atoms with Gasteiger partial charge in [0.25, 0.3) is 0 Å². The van der Waals surface area contributed by atoms with Crippen molar-refractivity contribution in [3.8, 4) is 11.1 Å². The standard InChI is InChI=1S/C24H31N5O2S/c1-32(30,31)10-7-17-5-4-6-19(11-17)21-15-29(24-22(21)23(25)26-16-27-24)20-12-18(13-20)14-28-8-2-3-9-28/h4-6,11,15-16,18,20H,2-3,7-10,12-14H2,1H3,(H2,25,26,27). The molecule has 0 atom stereocenters. The molecule has 7 nitrogen and oxygen atoms in total. The van der Waals surface area contributed by atoms with Gasteiger partial charge >= 0.3 is 0 Å². The summed E-state index contributed by atoms with van der Waals surface area (Å²) in [7, 11) is -3.01. The minimum absolute atomic E-state index is 0.143. The van der Waals surface area contributed by atoms with Crippen LogP contribution in [0.2, 0.25) is 0 Å². The van der Waals surface area contributed by atoms with Gasteiger partial charge in [0.15, 0.2) is 0 Å². The second-order valence-electron chi connectivity index (χ2n) is 9.49. The molecule has 2 N–H and O–H groups in total. The fourth-order valence-electron chi connectivity index (χ4n) is 5.21. The Labute approximate surface area is 189 Å². The lowest BCUT2D eigenvalue weighted by atomic mass is 9.79. The molecular formula is C24H31N5O2S. The van der Waals surface area contributed by atoms with Crippen molar-refractivity contribution in [3.05, 3.63) is 42.4 Å². The zero-order valence-electron chi connectivity index (χ0n) is 18.6. The van der Waals surface area contributed by atoms with Gasteiger partial charge in [0, 0.05) is 30.6 Å². The summed E-state index contributed by atoms with van der Waals surface area (Å²) in [6, 6.07) is 8.50. The molecule has 1 aromatic carbocycles. The lowest BCUT2D eigenvalue weighted by molar-refractivity contribution is 0.145. The van der Waals surface area contributed by atoms with Crippen LogP contribution in [0.4, 0.5) is 5.82 Å². The Kier molecular flexibility index (Phi) is 5.67. The number of aromatic nitrogens is 3. The third kappa shape index (κ3) is 4.38. The molecule has 1 saturated heterocycles. The van der Waals surface area contributed by atoms with Gasteiger partial charge in [-0.15, -0.1) is 0 Å². The number of nitrogens with two attached hydrogens (primary N) is 1. The number of nitrogen functional groups attached to an aromatic ring is 1. The number of sulfone groups is 1. The maximum Gasteiger partial charge on any atom is 0.147 e. The molecule has 1 aliphatic heterocycles. The highest BCUT2D eigenvalue weighted by atomic mass is 32.2. The average Bonchev–Trinajstić information content (AvgIpc) is 3.37. The van der Waals surface area contributed by atoms with Gasteiger partial charge in [-0.05, 0) is 62.2 Å². The van der Waals surface area contributed by atoms with Gasteiger partial charge in [-0.3, -0.25) is 0 Å². The van der Waals surface area contributed by atoms with Gasteiger partial charge in [-0.1, -0.05) is 24.3 Å². The first-order valence-corrected chi connectivity index (χ1v) is 13.5. The Morgan fingerprint density at radius 2 is 1.94 bits per heavy atom. The molecular weight excluding hydrogens is 422 g/mol. The van der Waals surface area contributed by atoms with E-state index in [0.29, 0.717) is 18.3 Å². The van der Waals surface area contributed by atoms with Crippen molar-refractivity contribution in [3.63, 3.8) is 0 Å². The second-order valence-corrected chi connectivity index (χ2v) is 11.7. The predicted molar refractivity (Wildman–Crippen MR) is 128 cm³/mol. The van der Waals surface area contributed by atoms with E-state index in [1.165, 1.54) is 38.7 Å². The number of rotatable bonds is 7. The summed E-state index contributed by atoms with van der Waals surface area (Å²) in [5.41, 5.74) is 10.2. The summed E-state index contributed by atoms with van der Waals surface area (Å²) in [5, 5.41) is 0.885. The van der Waals surface area contributed by atoms with Crippen LogP contribution < -0.4 is 5.73 Å². The number of nitrogens with zero attached hydrogens (tertiary/aromatic N) is 4. The van der Waals surface area contributed by atoms with Crippen molar-refractivity contribution in [1.29, 1.82) is 0 Å². The Balaban J connectivity index is 1.42. The molecule has 0 unspecified atom stereocenters. The Morgan fingerprint density at radius 1 is 1.16 bits per heavy atom. The van der Waals surface area contributed by atoms with E-state index in [1.54, 1.807) is 6.33 Å². The van der Waals surface area contributed by atoms with Crippen molar-refractivity contribution >= 4 is 26.7 Å². The fraction of sp³-hybridized carbons (Fsp3) is 0.500. The summed E-state index contributed by atoms with van der Waals surface area (Å²) < 4.78 is 25.5. The SMILES string of the molecule is CS(=O)(=O)CCc1cccc(-c2cn(C3CC(CN4CCCC4)C3)c3ncnc(N)c23)c1. The quantitative estimate of drug-likeness (QED) is 0.590. The number of aryl methyl sites for hydroxylation is 1. The van der Waals surface area contributed by atoms with Crippen molar-refractivity contribution in [1.82, 2.24) is 19.4 Å². The van der Waals surface area contributed by atoms with Crippen LogP contribution in [0, 0.1) is 5.92 Å². The number of fused-ring (bicyclic) bond motifs is 1. The van der Waals surface area contributed by atoms with Gasteiger partial charge in [0.05, 0.1) is 11.1 Å². The van der Waals surface area contributed by atoms with Crippen molar-refractivity contribution in [2.75, 3.05) is 37.4 Å². The van der Waals surface area contributed by atoms with E-state index >= 15 is 0 Å². The molecule has 0 radical (unpaired) electrons. The van der Waals surface area contributed by atoms with Gasteiger partial charge in [0.1, 0.15) is 27.6 Å². The lowest BCUT2D eigenvalue weighted by Crippen LogP contribution is -2.35. The molecule has 8 heteroatoms. The van der Waals surface area contributed by atoms with Crippen LogP contribution in [0.15, 0.2) is 36.8 Å². The molecule has 2 fully saturated rings. The molecule has 1 saturated carbocycles. The normalized spacial score (nSPS) is 21.8. The molecule has 1 aliphatic carbocycles. The first-order valence-electron chi connectivity index (χ1n) is 11.5. The topological polar surface area (TPSA) is 94.1 Å². The predicted octanol–water partition coefficient (Wildman–Crippen LogP) is 3.31. The molecule has 0 amide bonds. The van der Waals surface area contributed by atoms with Crippen LogP contribution in [-0.4, -0.2) is 59.5 Å². The molecule has 32 heavy (non-hydrogen) atoms. The van der Waals surface area contributed by atoms with E-state index < -0.39 is 9.84 Å². The van der Waals surface area contributed by atoms with E-state index in [-0.39, 0.29) is 5.75 Å². The molecule has 3 heterocycles. The first-order chi connectivity index (χ1) is 15.4. The minimum atomic E-state index is -3.01. The summed E-state index contributed by atoms with van der Waals surface area (Å²) in [5.74, 6) is 1.37. The number of hydrogen-bond acceptors (Lipinski definition) is 6. The smallest absolute Gasteiger partial charge is 0.147 e. The number of likely N-dealkylation sites (tertiary alicyclic amines) is 1. The Hall–Kier alpha value is -2.45. The number of benzene rings is 1. The lowest BCUT2D eigenvalue weighted by Gasteiger charge is -2.38. The van der Waals surface area contributed by atoms with E-state index in [1.807, 2.05) is 18.2 Å². The molecule has 2 aliphatic rings. The maximum atomic E-state index is 11.6. The number of hydrogen-bond donors (Lipinski definition) is 1. The van der Waals surface area contributed by atoms with Crippen molar-refractivity contribution < 1.29 is 8.42 Å². The third-order valence-corrected chi connectivity index (χ3v) is 7.90. The van der Waals surface area contributed by atoms with E-state index in [2.05, 4.69) is 31.7 Å². The zero-order chi connectivity index (χ0) is 22.3. The highest BCUT2D eigenvalue weighted by Crippen LogP contribution is 2.43. The van der Waals surface area contributed by atoms with E-state index in [9.17, 15) is 8.42 Å². The molecule has 5 rings (SSSR count). The van der Waals surface area contributed by atoms with Crippen LogP contribution in [-0.2, 0) is 16.3 Å². The summed E-state index contributed by atoms with van der Waals surface area (Å²) in [6.07, 6.45) is 10.5. The molecule has 170 valence electrons. The van der Waals surface area contributed by atoms with Gasteiger partial charge in [-0.2, -0.15) is 0 Å². The summed E-state index contributed by atoms with van der Waals surface area (Å²) in [4.78, 5) is 11.4. The van der Waals surface area contributed by atoms with E-state index in [4.69, 9.17) is 5.73 Å². The van der Waals surface area contributed by atoms with Gasteiger partial charge < -0.3 is 15.2 Å². The monoisotopic (exact) mass is 453 g/mol. The average molecular weight is 454 g/mol. The second kappa shape index (κ2) is 8.48. The van der Waals surface area contributed by atoms with Crippen LogP contribution in [0.1, 0.15) is 37.3 Å². The van der Waals surface area contributed by atoms with Crippen LogP contribution >= 0.6 is 0 Å². The van der Waals surface area contributed by atoms with Crippen LogP contribution in [0.3, 0.4) is 0 Å². The Morgan fingerprint density at radius 3 is 2.69 bits per heavy atom.